The quantitative estimate of drug-likeness (QED) is 0.685. The van der Waals surface area contributed by atoms with E-state index in [0.717, 1.165) is 17.5 Å². The predicted molar refractivity (Wildman–Crippen MR) is 106 cm³/mol. The van der Waals surface area contributed by atoms with Crippen LogP contribution in [0.2, 0.25) is 5.02 Å². The summed E-state index contributed by atoms with van der Waals surface area (Å²) in [6, 6.07) is 15.7. The van der Waals surface area contributed by atoms with Gasteiger partial charge in [-0.3, -0.25) is 9.59 Å². The molecule has 0 N–H and O–H groups in total. The largest absolute Gasteiger partial charge is 0.466 e. The summed E-state index contributed by atoms with van der Waals surface area (Å²) in [5.41, 5.74) is 3.30. The third-order valence-corrected chi connectivity index (χ3v) is 5.22. The molecule has 1 heterocycles. The molecule has 5 heteroatoms. The fourth-order valence-electron chi connectivity index (χ4n) is 3.63. The number of carbonyl (C=O) groups is 2. The highest BCUT2D eigenvalue weighted by atomic mass is 35.5. The standard InChI is InChI=1S/C22H24ClNO3/c1-2-27-21(26)13-7-12-20(25)24-15-14-16-8-3-4-9-17(16)22(24)18-10-5-6-11-19(18)23/h3-6,8-11,22H,2,7,12-15H2,1H3. The first-order chi connectivity index (χ1) is 13.1. The molecule has 2 aromatic carbocycles. The maximum atomic E-state index is 13.0. The van der Waals surface area contributed by atoms with E-state index in [0.29, 0.717) is 31.0 Å². The topological polar surface area (TPSA) is 46.6 Å². The van der Waals surface area contributed by atoms with E-state index in [1.54, 1.807) is 6.92 Å². The Morgan fingerprint density at radius 3 is 2.52 bits per heavy atom. The average molecular weight is 386 g/mol. The summed E-state index contributed by atoms with van der Waals surface area (Å²) in [4.78, 5) is 26.4. The third-order valence-electron chi connectivity index (χ3n) is 4.88. The van der Waals surface area contributed by atoms with Gasteiger partial charge in [-0.15, -0.1) is 0 Å². The number of hydrogen-bond acceptors (Lipinski definition) is 3. The van der Waals surface area contributed by atoms with Gasteiger partial charge in [-0.25, -0.2) is 0 Å². The van der Waals surface area contributed by atoms with Gasteiger partial charge in [0.15, 0.2) is 0 Å². The molecule has 1 amide bonds. The molecule has 0 aromatic heterocycles. The summed E-state index contributed by atoms with van der Waals surface area (Å²) in [6.07, 6.45) is 1.90. The van der Waals surface area contributed by atoms with E-state index in [4.69, 9.17) is 16.3 Å². The lowest BCUT2D eigenvalue weighted by atomic mass is 9.88. The van der Waals surface area contributed by atoms with E-state index in [1.165, 1.54) is 5.56 Å². The third kappa shape index (κ3) is 4.51. The molecular formula is C22H24ClNO3. The normalized spacial score (nSPS) is 15.9. The number of fused-ring (bicyclic) bond motifs is 1. The number of amides is 1. The Kier molecular flexibility index (Phi) is 6.51. The van der Waals surface area contributed by atoms with Crippen molar-refractivity contribution in [2.45, 2.75) is 38.6 Å². The van der Waals surface area contributed by atoms with E-state index in [1.807, 2.05) is 41.3 Å². The molecule has 27 heavy (non-hydrogen) atoms. The smallest absolute Gasteiger partial charge is 0.305 e. The van der Waals surface area contributed by atoms with Crippen molar-refractivity contribution in [3.8, 4) is 0 Å². The number of ether oxygens (including phenoxy) is 1. The Morgan fingerprint density at radius 1 is 1.07 bits per heavy atom. The molecule has 0 aliphatic carbocycles. The zero-order valence-electron chi connectivity index (χ0n) is 15.5. The summed E-state index contributed by atoms with van der Waals surface area (Å²) >= 11 is 6.48. The zero-order valence-corrected chi connectivity index (χ0v) is 16.2. The van der Waals surface area contributed by atoms with E-state index >= 15 is 0 Å². The van der Waals surface area contributed by atoms with Crippen LogP contribution in [0.4, 0.5) is 0 Å². The van der Waals surface area contributed by atoms with Crippen LogP contribution in [0, 0.1) is 0 Å². The highest BCUT2D eigenvalue weighted by Gasteiger charge is 2.32. The number of esters is 1. The monoisotopic (exact) mass is 385 g/mol. The van der Waals surface area contributed by atoms with Crippen molar-refractivity contribution in [2.24, 2.45) is 0 Å². The number of hydrogen-bond donors (Lipinski definition) is 0. The first kappa shape index (κ1) is 19.4. The minimum absolute atomic E-state index is 0.0405. The lowest BCUT2D eigenvalue weighted by Crippen LogP contribution is -2.40. The SMILES string of the molecule is CCOC(=O)CCCC(=O)N1CCc2ccccc2C1c1ccccc1Cl. The Labute approximate surface area is 165 Å². The van der Waals surface area contributed by atoms with E-state index < -0.39 is 0 Å². The minimum atomic E-state index is -0.253. The Hall–Kier alpha value is -2.33. The number of nitrogens with zero attached hydrogens (tertiary/aromatic N) is 1. The second-order valence-corrected chi connectivity index (χ2v) is 7.03. The minimum Gasteiger partial charge on any atom is -0.466 e. The van der Waals surface area contributed by atoms with Crippen LogP contribution in [0.1, 0.15) is 48.9 Å². The van der Waals surface area contributed by atoms with Gasteiger partial charge in [-0.2, -0.15) is 0 Å². The summed E-state index contributed by atoms with van der Waals surface area (Å²) in [5.74, 6) is -0.212. The van der Waals surface area contributed by atoms with Gasteiger partial charge < -0.3 is 9.64 Å². The van der Waals surface area contributed by atoms with Crippen LogP contribution in [-0.2, 0) is 20.7 Å². The van der Waals surface area contributed by atoms with Crippen molar-refractivity contribution >= 4 is 23.5 Å². The van der Waals surface area contributed by atoms with Crippen LogP contribution in [0.5, 0.6) is 0 Å². The van der Waals surface area contributed by atoms with Gasteiger partial charge in [0.1, 0.15) is 0 Å². The molecule has 4 nitrogen and oxygen atoms in total. The van der Waals surface area contributed by atoms with Crippen molar-refractivity contribution in [3.05, 3.63) is 70.2 Å². The Balaban J connectivity index is 1.82. The zero-order chi connectivity index (χ0) is 19.2. The van der Waals surface area contributed by atoms with Gasteiger partial charge in [-0.05, 0) is 42.5 Å². The summed E-state index contributed by atoms with van der Waals surface area (Å²) in [7, 11) is 0. The molecule has 1 atom stereocenters. The van der Waals surface area contributed by atoms with Crippen LogP contribution in [-0.4, -0.2) is 29.9 Å². The fourth-order valence-corrected chi connectivity index (χ4v) is 3.87. The molecular weight excluding hydrogens is 362 g/mol. The predicted octanol–water partition coefficient (Wildman–Crippen LogP) is 4.55. The van der Waals surface area contributed by atoms with Gasteiger partial charge in [0.2, 0.25) is 5.91 Å². The van der Waals surface area contributed by atoms with Gasteiger partial charge >= 0.3 is 5.97 Å². The molecule has 1 aliphatic rings. The molecule has 3 rings (SSSR count). The molecule has 142 valence electrons. The highest BCUT2D eigenvalue weighted by Crippen LogP contribution is 2.38. The van der Waals surface area contributed by atoms with Crippen molar-refractivity contribution in [3.63, 3.8) is 0 Å². The number of rotatable bonds is 6. The van der Waals surface area contributed by atoms with Gasteiger partial charge in [0.25, 0.3) is 0 Å². The van der Waals surface area contributed by atoms with Gasteiger partial charge in [0.05, 0.1) is 12.6 Å². The first-order valence-electron chi connectivity index (χ1n) is 9.39. The molecule has 0 fully saturated rings. The van der Waals surface area contributed by atoms with Gasteiger partial charge in [-0.1, -0.05) is 54.1 Å². The molecule has 0 saturated carbocycles. The molecule has 1 aliphatic heterocycles. The van der Waals surface area contributed by atoms with Crippen molar-refractivity contribution < 1.29 is 14.3 Å². The van der Waals surface area contributed by atoms with Crippen molar-refractivity contribution in [1.82, 2.24) is 4.90 Å². The van der Waals surface area contributed by atoms with Crippen molar-refractivity contribution in [2.75, 3.05) is 13.2 Å². The fraction of sp³-hybridized carbons (Fsp3) is 0.364. The highest BCUT2D eigenvalue weighted by molar-refractivity contribution is 6.31. The first-order valence-corrected chi connectivity index (χ1v) is 9.77. The van der Waals surface area contributed by atoms with Crippen molar-refractivity contribution in [1.29, 1.82) is 0 Å². The molecule has 0 spiro atoms. The lowest BCUT2D eigenvalue weighted by molar-refractivity contribution is -0.143. The van der Waals surface area contributed by atoms with Crippen LogP contribution in [0.3, 0.4) is 0 Å². The summed E-state index contributed by atoms with van der Waals surface area (Å²) in [5, 5.41) is 0.656. The van der Waals surface area contributed by atoms with E-state index in [2.05, 4.69) is 12.1 Å². The number of carbonyl (C=O) groups excluding carboxylic acids is 2. The second-order valence-electron chi connectivity index (χ2n) is 6.62. The lowest BCUT2D eigenvalue weighted by Gasteiger charge is -2.38. The van der Waals surface area contributed by atoms with Crippen LogP contribution in [0.25, 0.3) is 0 Å². The van der Waals surface area contributed by atoms with Crippen LogP contribution >= 0.6 is 11.6 Å². The van der Waals surface area contributed by atoms with Gasteiger partial charge in [0, 0.05) is 24.4 Å². The average Bonchev–Trinajstić information content (AvgIpc) is 2.68. The maximum Gasteiger partial charge on any atom is 0.305 e. The molecule has 2 aromatic rings. The molecule has 1 unspecified atom stereocenters. The second kappa shape index (κ2) is 9.05. The number of benzene rings is 2. The van der Waals surface area contributed by atoms with E-state index in [-0.39, 0.29) is 24.3 Å². The number of halogens is 1. The van der Waals surface area contributed by atoms with E-state index in [9.17, 15) is 9.59 Å². The molecule has 0 radical (unpaired) electrons. The summed E-state index contributed by atoms with van der Waals surface area (Å²) in [6.45, 7) is 2.79. The Morgan fingerprint density at radius 2 is 1.78 bits per heavy atom. The van der Waals surface area contributed by atoms with Crippen LogP contribution < -0.4 is 0 Å². The summed E-state index contributed by atoms with van der Waals surface area (Å²) < 4.78 is 4.94. The molecule has 0 saturated heterocycles. The maximum absolute atomic E-state index is 13.0. The van der Waals surface area contributed by atoms with Crippen LogP contribution in [0.15, 0.2) is 48.5 Å². The Bertz CT molecular complexity index is 821. The molecule has 0 bridgehead atoms.